The van der Waals surface area contributed by atoms with Crippen LogP contribution in [0, 0.1) is 0 Å². The van der Waals surface area contributed by atoms with Gasteiger partial charge in [0.05, 0.1) is 24.2 Å². The minimum atomic E-state index is -4.01. The summed E-state index contributed by atoms with van der Waals surface area (Å²) in [5.41, 5.74) is 3.72. The average molecular weight is 622 g/mol. The summed E-state index contributed by atoms with van der Waals surface area (Å²) in [5, 5.41) is 9.18. The highest BCUT2D eigenvalue weighted by molar-refractivity contribution is 7.89. The maximum absolute atomic E-state index is 13.3. The molecular formula is C30H28ClN5O6S. The number of rotatable bonds is 12. The third-order valence-electron chi connectivity index (χ3n) is 5.99. The van der Waals surface area contributed by atoms with Gasteiger partial charge in [0.25, 0.3) is 5.91 Å². The minimum Gasteiger partial charge on any atom is -0.458 e. The number of hydrogen-bond acceptors (Lipinski definition) is 7. The van der Waals surface area contributed by atoms with Crippen LogP contribution in [0.5, 0.6) is 0 Å². The van der Waals surface area contributed by atoms with Gasteiger partial charge in [-0.3, -0.25) is 14.4 Å². The Hall–Kier alpha value is -4.78. The molecular weight excluding hydrogens is 594 g/mol. The molecule has 4 aromatic rings. The molecule has 1 heterocycles. The van der Waals surface area contributed by atoms with Gasteiger partial charge >= 0.3 is 11.8 Å². The van der Waals surface area contributed by atoms with Gasteiger partial charge in [-0.05, 0) is 60.5 Å². The fourth-order valence-electron chi connectivity index (χ4n) is 3.82. The molecule has 11 nitrogen and oxygen atoms in total. The average Bonchev–Trinajstić information content (AvgIpc) is 3.46. The Morgan fingerprint density at radius 3 is 2.23 bits per heavy atom. The van der Waals surface area contributed by atoms with Gasteiger partial charge in [0, 0.05) is 17.3 Å². The van der Waals surface area contributed by atoms with Crippen LogP contribution in [0.2, 0.25) is 5.02 Å². The molecule has 0 unspecified atom stereocenters. The number of sulfonamides is 1. The molecule has 0 saturated carbocycles. The molecule has 0 radical (unpaired) electrons. The standard InChI is InChI=1S/C30H28ClN5O6S/c31-23-11-15-27(16-12-23)43(40,41)36(18-17-22-7-3-1-4-8-22)21-28(37)35-33-20-26-14-13-25(42-26)19-32-29(38)30(39)34-24-9-5-2-6-10-24/h1-16,20H,17-19,21H2,(H,32,38)(H,34,39)(H,35,37)/b33-20-. The van der Waals surface area contributed by atoms with Crippen molar-refractivity contribution in [3.05, 3.63) is 119 Å². The zero-order valence-corrected chi connectivity index (χ0v) is 24.3. The molecule has 43 heavy (non-hydrogen) atoms. The van der Waals surface area contributed by atoms with Gasteiger partial charge in [0.15, 0.2) is 0 Å². The van der Waals surface area contributed by atoms with Gasteiger partial charge in [0.2, 0.25) is 10.0 Å². The Balaban J connectivity index is 1.31. The number of benzene rings is 3. The van der Waals surface area contributed by atoms with E-state index in [4.69, 9.17) is 16.0 Å². The van der Waals surface area contributed by atoms with Crippen LogP contribution in [0.25, 0.3) is 0 Å². The zero-order chi connectivity index (χ0) is 30.7. The van der Waals surface area contributed by atoms with Crippen LogP contribution in [-0.4, -0.2) is 49.7 Å². The fourth-order valence-corrected chi connectivity index (χ4v) is 5.34. The van der Waals surface area contributed by atoms with E-state index >= 15 is 0 Å². The summed E-state index contributed by atoms with van der Waals surface area (Å²) in [4.78, 5) is 36.8. The van der Waals surface area contributed by atoms with Crippen molar-refractivity contribution in [3.8, 4) is 0 Å². The molecule has 222 valence electrons. The first-order valence-electron chi connectivity index (χ1n) is 13.1. The van der Waals surface area contributed by atoms with Gasteiger partial charge < -0.3 is 15.1 Å². The minimum absolute atomic E-state index is 0.00835. The van der Waals surface area contributed by atoms with E-state index in [-0.39, 0.29) is 23.7 Å². The van der Waals surface area contributed by atoms with Crippen molar-refractivity contribution in [2.45, 2.75) is 17.9 Å². The molecule has 0 fully saturated rings. The van der Waals surface area contributed by atoms with E-state index in [0.29, 0.717) is 22.9 Å². The first-order chi connectivity index (χ1) is 20.7. The highest BCUT2D eigenvalue weighted by atomic mass is 35.5. The molecule has 0 atom stereocenters. The second-order valence-electron chi connectivity index (χ2n) is 9.13. The van der Waals surface area contributed by atoms with E-state index in [1.807, 2.05) is 30.3 Å². The number of furan rings is 1. The number of nitrogens with one attached hydrogen (secondary N) is 3. The van der Waals surface area contributed by atoms with Crippen LogP contribution >= 0.6 is 11.6 Å². The number of amides is 3. The summed E-state index contributed by atoms with van der Waals surface area (Å²) >= 11 is 5.92. The number of carbonyl (C=O) groups excluding carboxylic acids is 3. The third kappa shape index (κ3) is 9.36. The topological polar surface area (TPSA) is 150 Å². The molecule has 0 spiro atoms. The van der Waals surface area contributed by atoms with Gasteiger partial charge in [-0.2, -0.15) is 9.41 Å². The van der Waals surface area contributed by atoms with E-state index in [1.165, 1.54) is 30.5 Å². The van der Waals surface area contributed by atoms with Crippen molar-refractivity contribution < 1.29 is 27.2 Å². The zero-order valence-electron chi connectivity index (χ0n) is 22.8. The van der Waals surface area contributed by atoms with Crippen LogP contribution in [-0.2, 0) is 37.4 Å². The Morgan fingerprint density at radius 1 is 0.860 bits per heavy atom. The second-order valence-corrected chi connectivity index (χ2v) is 11.5. The molecule has 3 N–H and O–H groups in total. The van der Waals surface area contributed by atoms with Crippen molar-refractivity contribution in [3.63, 3.8) is 0 Å². The van der Waals surface area contributed by atoms with Crippen LogP contribution < -0.4 is 16.1 Å². The number of hydrogen-bond donors (Lipinski definition) is 3. The molecule has 4 rings (SSSR count). The second kappa shape index (κ2) is 14.9. The molecule has 0 aliphatic rings. The number of carbonyl (C=O) groups is 3. The summed E-state index contributed by atoms with van der Waals surface area (Å²) in [6.07, 6.45) is 1.62. The van der Waals surface area contributed by atoms with Gasteiger partial charge in [-0.25, -0.2) is 13.8 Å². The number of hydrazone groups is 1. The lowest BCUT2D eigenvalue weighted by atomic mass is 10.1. The molecule has 3 aromatic carbocycles. The third-order valence-corrected chi connectivity index (χ3v) is 8.10. The van der Waals surface area contributed by atoms with Crippen molar-refractivity contribution in [2.75, 3.05) is 18.4 Å². The van der Waals surface area contributed by atoms with E-state index < -0.39 is 34.3 Å². The van der Waals surface area contributed by atoms with Crippen molar-refractivity contribution in [1.29, 1.82) is 0 Å². The Labute approximate surface area is 253 Å². The SMILES string of the molecule is O=C(CN(CCc1ccccc1)S(=O)(=O)c1ccc(Cl)cc1)N/N=C\c1ccc(CNC(=O)C(=O)Nc2ccccc2)o1. The van der Waals surface area contributed by atoms with E-state index in [0.717, 1.165) is 9.87 Å². The predicted octanol–water partition coefficient (Wildman–Crippen LogP) is 3.57. The summed E-state index contributed by atoms with van der Waals surface area (Å²) in [6.45, 7) is -0.474. The molecule has 0 saturated heterocycles. The Bertz CT molecular complexity index is 1680. The van der Waals surface area contributed by atoms with Crippen LogP contribution in [0.1, 0.15) is 17.1 Å². The number of halogens is 1. The smallest absolute Gasteiger partial charge is 0.313 e. The first-order valence-corrected chi connectivity index (χ1v) is 14.9. The lowest BCUT2D eigenvalue weighted by Gasteiger charge is -2.21. The van der Waals surface area contributed by atoms with Gasteiger partial charge in [-0.1, -0.05) is 60.1 Å². The maximum Gasteiger partial charge on any atom is 0.313 e. The van der Waals surface area contributed by atoms with E-state index in [9.17, 15) is 22.8 Å². The van der Waals surface area contributed by atoms with E-state index in [2.05, 4.69) is 21.2 Å². The normalized spacial score (nSPS) is 11.4. The quantitative estimate of drug-likeness (QED) is 0.125. The van der Waals surface area contributed by atoms with Crippen molar-refractivity contribution in [2.24, 2.45) is 5.10 Å². The fraction of sp³-hybridized carbons (Fsp3) is 0.133. The predicted molar refractivity (Wildman–Crippen MR) is 162 cm³/mol. The molecule has 1 aromatic heterocycles. The largest absolute Gasteiger partial charge is 0.458 e. The number of nitrogens with zero attached hydrogens (tertiary/aromatic N) is 2. The molecule has 0 bridgehead atoms. The van der Waals surface area contributed by atoms with Crippen LogP contribution in [0.4, 0.5) is 5.69 Å². The summed E-state index contributed by atoms with van der Waals surface area (Å²) in [6, 6.07) is 26.7. The Morgan fingerprint density at radius 2 is 1.53 bits per heavy atom. The highest BCUT2D eigenvalue weighted by Crippen LogP contribution is 2.19. The molecule has 0 aliphatic heterocycles. The Kier molecular flexibility index (Phi) is 10.8. The van der Waals surface area contributed by atoms with Crippen molar-refractivity contribution in [1.82, 2.24) is 15.0 Å². The summed E-state index contributed by atoms with van der Waals surface area (Å²) < 4.78 is 33.3. The summed E-state index contributed by atoms with van der Waals surface area (Å²) in [5.74, 6) is -1.72. The van der Waals surface area contributed by atoms with Gasteiger partial charge in [-0.15, -0.1) is 0 Å². The van der Waals surface area contributed by atoms with Crippen LogP contribution in [0.15, 0.2) is 111 Å². The summed E-state index contributed by atoms with van der Waals surface area (Å²) in [7, 11) is -4.01. The molecule has 0 aliphatic carbocycles. The lowest BCUT2D eigenvalue weighted by Crippen LogP contribution is -2.40. The monoisotopic (exact) mass is 621 g/mol. The molecule has 3 amide bonds. The number of anilines is 1. The van der Waals surface area contributed by atoms with Crippen LogP contribution in [0.3, 0.4) is 0 Å². The first kappa shape index (κ1) is 31.2. The molecule has 13 heteroatoms. The van der Waals surface area contributed by atoms with E-state index in [1.54, 1.807) is 42.5 Å². The maximum atomic E-state index is 13.3. The van der Waals surface area contributed by atoms with Crippen molar-refractivity contribution >= 4 is 51.2 Å². The lowest BCUT2D eigenvalue weighted by molar-refractivity contribution is -0.136. The highest BCUT2D eigenvalue weighted by Gasteiger charge is 2.26. The van der Waals surface area contributed by atoms with Gasteiger partial charge in [0.1, 0.15) is 11.5 Å². The number of para-hydroxylation sites is 1.